The number of anilines is 6. The average Bonchev–Trinajstić information content (AvgIpc) is 0.941. The number of hydrogen-bond acceptors (Lipinski definition) is 2. The summed E-state index contributed by atoms with van der Waals surface area (Å²) < 4.78 is 149. The lowest BCUT2D eigenvalue weighted by atomic mass is 9.33. The van der Waals surface area contributed by atoms with Crippen LogP contribution in [0, 0.1) is 0 Å². The molecule has 0 saturated carbocycles. The predicted octanol–water partition coefficient (Wildman–Crippen LogP) is 31.6. The van der Waals surface area contributed by atoms with Gasteiger partial charge >= 0.3 is 0 Å². The van der Waals surface area contributed by atoms with Gasteiger partial charge in [0.25, 0.3) is 6.71 Å². The van der Waals surface area contributed by atoms with Gasteiger partial charge in [0.1, 0.15) is 0 Å². The van der Waals surface area contributed by atoms with E-state index in [2.05, 4.69) is 346 Å². The molecule has 4 heterocycles. The van der Waals surface area contributed by atoms with Gasteiger partial charge in [0.15, 0.2) is 0 Å². The smallest absolute Gasteiger partial charge is 0.252 e. The van der Waals surface area contributed by atoms with Crippen molar-refractivity contribution in [1.29, 1.82) is 0 Å². The van der Waals surface area contributed by atoms with Crippen molar-refractivity contribution in [3.8, 4) is 134 Å². The molecule has 0 atom stereocenters. The number of fused-ring (bicyclic) bond motifs is 10. The first kappa shape index (κ1) is 61.9. The van der Waals surface area contributed by atoms with Crippen molar-refractivity contribution in [2.75, 3.05) is 9.80 Å². The minimum Gasteiger partial charge on any atom is -0.310 e. The highest BCUT2D eigenvalue weighted by Gasteiger charge is 2.47. The van der Waals surface area contributed by atoms with Gasteiger partial charge in [-0.2, -0.15) is 0 Å². The molecule has 5 heteroatoms. The summed E-state index contributed by atoms with van der Waals surface area (Å²) in [5.41, 5.74) is 27.8. The van der Waals surface area contributed by atoms with E-state index in [1.807, 2.05) is 66.7 Å². The Balaban J connectivity index is 0.872. The standard InChI is InChI=1S/C124H87BN4/c1-124(2,3)100-78-119-121-120(79-100)129(123-106(90-46-24-10-25-47-90)73-98(86-42-20-8-21-43-86)74-107(123)91-48-26-11-27-49-91)118-81-102(127-115-55-33-30-52-105(115)110-80-101(66-69-116(110)127)126-113-53-31-28-50-103(113)104-51-29-32-54-114(104)126)65-67-111(118)125(121)112-77-94(97-71-95(84-38-16-6-17-39-84)70-96(72-97)85-40-18-7-19-41-85)64-68-117(112)128(119)122-108(92-60-56-88(57-61-92)82-34-12-4-13-35-82)75-99(87-44-22-9-23-45-87)76-109(122)93-62-58-89(59-63-93)83-36-14-5-15-37-83/h4-81H,1-3H3/i28D,29D,30D,31D,32D,33D,50D,51D,52D,53D,54D,55D,66D,69D,80D. The zero-order valence-electron chi connectivity index (χ0n) is 85.7. The molecule has 2 aliphatic heterocycles. The normalized spacial score (nSPS) is 13.9. The third-order valence-electron chi connectivity index (χ3n) is 25.7. The quantitative estimate of drug-likeness (QED) is 0.0951. The number of benzene rings is 20. The first-order chi connectivity index (χ1) is 69.9. The minimum absolute atomic E-state index is 0.159. The molecule has 0 fully saturated rings. The van der Waals surface area contributed by atoms with Gasteiger partial charge in [-0.25, -0.2) is 0 Å². The van der Waals surface area contributed by atoms with Crippen molar-refractivity contribution < 1.29 is 20.6 Å². The third kappa shape index (κ3) is 13.3. The molecule has 0 unspecified atom stereocenters. The lowest BCUT2D eigenvalue weighted by Crippen LogP contribution is -2.61. The number of rotatable bonds is 15. The maximum atomic E-state index is 10.9. The van der Waals surface area contributed by atoms with Crippen molar-refractivity contribution in [3.05, 3.63) is 478 Å². The van der Waals surface area contributed by atoms with Crippen molar-refractivity contribution in [1.82, 2.24) is 9.13 Å². The molecule has 24 rings (SSSR count). The van der Waals surface area contributed by atoms with E-state index < -0.39 is 119 Å². The van der Waals surface area contributed by atoms with Gasteiger partial charge in [0.2, 0.25) is 0 Å². The Bertz CT molecular complexity index is 8760. The lowest BCUT2D eigenvalue weighted by Gasteiger charge is -2.46. The van der Waals surface area contributed by atoms with Crippen LogP contribution in [0.3, 0.4) is 0 Å². The fourth-order valence-corrected chi connectivity index (χ4v) is 19.5. The summed E-state index contributed by atoms with van der Waals surface area (Å²) in [4.78, 5) is 4.95. The van der Waals surface area contributed by atoms with Gasteiger partial charge in [-0.05, 0) is 237 Å². The zero-order chi connectivity index (χ0) is 98.8. The van der Waals surface area contributed by atoms with E-state index in [0.717, 1.165) is 177 Å². The van der Waals surface area contributed by atoms with Crippen LogP contribution in [0.4, 0.5) is 34.1 Å². The molecule has 4 nitrogen and oxygen atoms in total. The average molecular weight is 1660 g/mol. The van der Waals surface area contributed by atoms with Gasteiger partial charge < -0.3 is 18.9 Å². The number of hydrogen-bond donors (Lipinski definition) is 0. The maximum absolute atomic E-state index is 10.9. The fraction of sp³-hybridized carbons (Fsp3) is 0.0323. The van der Waals surface area contributed by atoms with Gasteiger partial charge in [-0.3, -0.25) is 0 Å². The molecular weight excluding hydrogens is 1560 g/mol. The van der Waals surface area contributed by atoms with E-state index in [1.165, 1.54) is 0 Å². The summed E-state index contributed by atoms with van der Waals surface area (Å²) >= 11 is 0. The molecule has 0 N–H and O–H groups in total. The highest BCUT2D eigenvalue weighted by molar-refractivity contribution is 7.00. The molecule has 0 spiro atoms. The number of aromatic nitrogens is 2. The van der Waals surface area contributed by atoms with Crippen molar-refractivity contribution in [2.45, 2.75) is 26.2 Å². The van der Waals surface area contributed by atoms with Gasteiger partial charge in [-0.1, -0.05) is 385 Å². The second-order valence-corrected chi connectivity index (χ2v) is 34.3. The van der Waals surface area contributed by atoms with Crippen LogP contribution in [0.15, 0.2) is 473 Å². The van der Waals surface area contributed by atoms with Crippen LogP contribution in [0.1, 0.15) is 46.9 Å². The molecule has 0 radical (unpaired) electrons. The van der Waals surface area contributed by atoms with E-state index in [9.17, 15) is 15.1 Å². The summed E-state index contributed by atoms with van der Waals surface area (Å²) in [6.45, 7) is 6.04. The number of nitrogens with zero attached hydrogens (tertiary/aromatic N) is 4. The minimum atomic E-state index is -0.740. The summed E-state index contributed by atoms with van der Waals surface area (Å²) in [6.07, 6.45) is 0. The molecule has 2 aromatic heterocycles. The Morgan fingerprint density at radius 2 is 0.535 bits per heavy atom. The number of para-hydroxylation sites is 3. The Kier molecular flexibility index (Phi) is 15.1. The van der Waals surface area contributed by atoms with Crippen molar-refractivity contribution in [3.63, 3.8) is 0 Å². The lowest BCUT2D eigenvalue weighted by molar-refractivity contribution is 0.590. The van der Waals surface area contributed by atoms with Crippen LogP contribution in [-0.2, 0) is 5.41 Å². The summed E-state index contributed by atoms with van der Waals surface area (Å²) in [5, 5.41) is -1.10. The third-order valence-corrected chi connectivity index (χ3v) is 25.7. The van der Waals surface area contributed by atoms with Gasteiger partial charge in [-0.15, -0.1) is 0 Å². The van der Waals surface area contributed by atoms with Crippen LogP contribution >= 0.6 is 0 Å². The van der Waals surface area contributed by atoms with Crippen LogP contribution in [0.2, 0.25) is 0 Å². The van der Waals surface area contributed by atoms with Crippen LogP contribution < -0.4 is 26.2 Å². The van der Waals surface area contributed by atoms with E-state index >= 15 is 0 Å². The second kappa shape index (κ2) is 31.4. The van der Waals surface area contributed by atoms with Crippen LogP contribution in [0.5, 0.6) is 0 Å². The van der Waals surface area contributed by atoms with E-state index in [4.69, 9.17) is 5.48 Å². The Morgan fingerprint density at radius 3 is 0.938 bits per heavy atom. The Hall–Kier alpha value is -16.3. The Labute approximate surface area is 774 Å². The molecule has 20 aromatic carbocycles. The SMILES string of the molecule is [2H]c1c([2H])c([2H])c2c(c1[2H])c1c([2H])c(-n3c4c([2H])c([2H])c([2H])c([2H])c4c4c([2H])c([2H])c([2H])c([2H])c43)c([2H])c([2H])c1n2-c1ccc2c(c1)N(c1c(-c3ccccc3)cc(-c3ccccc3)cc1-c1ccccc1)c1cc(C(C)(C)C)cc3c1B2c1cc(-c2cc(-c4ccccc4)cc(-c4ccccc4)c2)ccc1N3c1c(-c2ccc(-c3ccccc3)cc2)cc(-c2ccccc2)cc1-c1ccc(-c2ccccc2)cc1. The molecule has 606 valence electrons. The monoisotopic (exact) mass is 1660 g/mol. The highest BCUT2D eigenvalue weighted by atomic mass is 15.2. The second-order valence-electron chi connectivity index (χ2n) is 34.3. The topological polar surface area (TPSA) is 16.3 Å². The molecule has 0 bridgehead atoms. The van der Waals surface area contributed by atoms with Gasteiger partial charge in [0, 0.05) is 77.9 Å². The summed E-state index contributed by atoms with van der Waals surface area (Å²) in [6, 6.07) is 125. The van der Waals surface area contributed by atoms with Crippen LogP contribution in [-0.4, -0.2) is 15.8 Å². The van der Waals surface area contributed by atoms with Crippen LogP contribution in [0.25, 0.3) is 177 Å². The zero-order valence-corrected chi connectivity index (χ0v) is 70.7. The van der Waals surface area contributed by atoms with Gasteiger partial charge in [0.05, 0.1) is 54.0 Å². The largest absolute Gasteiger partial charge is 0.310 e. The van der Waals surface area contributed by atoms with Crippen molar-refractivity contribution >= 4 is 101 Å². The van der Waals surface area contributed by atoms with E-state index in [-0.39, 0.29) is 38.3 Å². The van der Waals surface area contributed by atoms with E-state index in [1.54, 1.807) is 4.57 Å². The molecule has 0 amide bonds. The molecule has 22 aromatic rings. The summed E-state index contributed by atoms with van der Waals surface area (Å²) in [5.74, 6) is 0. The summed E-state index contributed by atoms with van der Waals surface area (Å²) in [7, 11) is 0. The molecule has 0 aliphatic carbocycles. The fourth-order valence-electron chi connectivity index (χ4n) is 19.5. The maximum Gasteiger partial charge on any atom is 0.252 e. The molecule has 0 saturated heterocycles. The molecule has 2 aliphatic rings. The highest BCUT2D eigenvalue weighted by Crippen LogP contribution is 2.57. The predicted molar refractivity (Wildman–Crippen MR) is 548 cm³/mol. The first-order valence-corrected chi connectivity index (χ1v) is 43.6. The van der Waals surface area contributed by atoms with E-state index in [0.29, 0.717) is 5.69 Å². The Morgan fingerprint density at radius 1 is 0.225 bits per heavy atom. The molecular formula is C124H87BN4. The van der Waals surface area contributed by atoms with Crippen molar-refractivity contribution in [2.24, 2.45) is 0 Å². The first-order valence-electron chi connectivity index (χ1n) is 51.1. The molecule has 129 heavy (non-hydrogen) atoms.